The lowest BCUT2D eigenvalue weighted by atomic mass is 10.0. The third-order valence-corrected chi connectivity index (χ3v) is 4.76. The van der Waals surface area contributed by atoms with Gasteiger partial charge in [-0.3, -0.25) is 0 Å². The molecule has 0 radical (unpaired) electrons. The van der Waals surface area contributed by atoms with Crippen molar-refractivity contribution < 1.29 is 0 Å². The van der Waals surface area contributed by atoms with Gasteiger partial charge in [0.1, 0.15) is 0 Å². The fourth-order valence-corrected chi connectivity index (χ4v) is 3.48. The van der Waals surface area contributed by atoms with Crippen LogP contribution in [0.25, 0.3) is 0 Å². The number of likely N-dealkylation sites (tertiary alicyclic amines) is 1. The van der Waals surface area contributed by atoms with E-state index in [4.69, 9.17) is 11.6 Å². The Balaban J connectivity index is 1.92. The predicted octanol–water partition coefficient (Wildman–Crippen LogP) is 4.11. The maximum absolute atomic E-state index is 5.97. The second-order valence-corrected chi connectivity index (χ2v) is 6.61. The van der Waals surface area contributed by atoms with Crippen molar-refractivity contribution in [2.24, 2.45) is 5.92 Å². The first-order valence-electron chi connectivity index (χ1n) is 7.78. The highest BCUT2D eigenvalue weighted by molar-refractivity contribution is 6.30. The molecule has 1 saturated heterocycles. The summed E-state index contributed by atoms with van der Waals surface area (Å²) in [6, 6.07) is 9.42. The summed E-state index contributed by atoms with van der Waals surface area (Å²) in [6.07, 6.45) is 3.87. The van der Waals surface area contributed by atoms with E-state index in [0.29, 0.717) is 6.04 Å². The second kappa shape index (κ2) is 7.44. The molecule has 2 atom stereocenters. The van der Waals surface area contributed by atoms with E-state index >= 15 is 0 Å². The lowest BCUT2D eigenvalue weighted by molar-refractivity contribution is 0.197. The topological polar surface area (TPSA) is 15.3 Å². The monoisotopic (exact) mass is 294 g/mol. The molecule has 2 nitrogen and oxygen atoms in total. The summed E-state index contributed by atoms with van der Waals surface area (Å²) in [4.78, 5) is 2.67. The highest BCUT2D eigenvalue weighted by Gasteiger charge is 2.27. The van der Waals surface area contributed by atoms with Gasteiger partial charge in [-0.25, -0.2) is 0 Å². The first-order valence-corrected chi connectivity index (χ1v) is 8.16. The second-order valence-electron chi connectivity index (χ2n) is 6.17. The first kappa shape index (κ1) is 15.8. The van der Waals surface area contributed by atoms with Crippen LogP contribution in [-0.4, -0.2) is 31.1 Å². The Bertz CT molecular complexity index is 402. The summed E-state index contributed by atoms with van der Waals surface area (Å²) in [6.45, 7) is 7.13. The van der Waals surface area contributed by atoms with Crippen LogP contribution >= 0.6 is 11.6 Å². The predicted molar refractivity (Wildman–Crippen MR) is 87.3 cm³/mol. The minimum atomic E-state index is 0.417. The Hall–Kier alpha value is -0.570. The molecule has 1 aromatic rings. The van der Waals surface area contributed by atoms with Crippen molar-refractivity contribution >= 4 is 11.6 Å². The fourth-order valence-electron chi connectivity index (χ4n) is 3.35. The van der Waals surface area contributed by atoms with Crippen molar-refractivity contribution in [1.82, 2.24) is 10.2 Å². The number of rotatable bonds is 6. The van der Waals surface area contributed by atoms with Crippen molar-refractivity contribution in [3.63, 3.8) is 0 Å². The largest absolute Gasteiger partial charge is 0.313 e. The molecular weight excluding hydrogens is 268 g/mol. The highest BCUT2D eigenvalue weighted by atomic mass is 35.5. The van der Waals surface area contributed by atoms with Crippen LogP contribution in [-0.2, 0) is 0 Å². The van der Waals surface area contributed by atoms with Crippen LogP contribution in [0.3, 0.4) is 0 Å². The van der Waals surface area contributed by atoms with Gasteiger partial charge in [0, 0.05) is 23.7 Å². The van der Waals surface area contributed by atoms with Gasteiger partial charge in [0.05, 0.1) is 0 Å². The zero-order valence-electron chi connectivity index (χ0n) is 12.9. The van der Waals surface area contributed by atoms with E-state index in [1.165, 1.54) is 31.5 Å². The number of benzene rings is 1. The van der Waals surface area contributed by atoms with Crippen LogP contribution in [0.2, 0.25) is 5.02 Å². The summed E-state index contributed by atoms with van der Waals surface area (Å²) < 4.78 is 0. The van der Waals surface area contributed by atoms with Gasteiger partial charge in [-0.1, -0.05) is 37.6 Å². The standard InChI is InChI=1S/C17H27ClN2/c1-13(2)17-5-4-11-20(17)12-10-16(19-3)14-6-8-15(18)9-7-14/h6-9,13,16-17,19H,4-5,10-12H2,1-3H3. The summed E-state index contributed by atoms with van der Waals surface area (Å²) in [5.41, 5.74) is 1.33. The molecule has 0 aliphatic carbocycles. The summed E-state index contributed by atoms with van der Waals surface area (Å²) in [5.74, 6) is 0.765. The maximum atomic E-state index is 5.97. The summed E-state index contributed by atoms with van der Waals surface area (Å²) in [7, 11) is 2.04. The fraction of sp³-hybridized carbons (Fsp3) is 0.647. The number of hydrogen-bond acceptors (Lipinski definition) is 2. The minimum absolute atomic E-state index is 0.417. The Morgan fingerprint density at radius 2 is 2.00 bits per heavy atom. The van der Waals surface area contributed by atoms with Crippen molar-refractivity contribution in [2.45, 2.75) is 45.2 Å². The summed E-state index contributed by atoms with van der Waals surface area (Å²) in [5, 5.41) is 4.24. The van der Waals surface area contributed by atoms with E-state index in [1.54, 1.807) is 0 Å². The van der Waals surface area contributed by atoms with Crippen molar-refractivity contribution in [1.29, 1.82) is 0 Å². The van der Waals surface area contributed by atoms with Crippen LogP contribution in [0.1, 0.15) is 44.7 Å². The molecule has 1 aromatic carbocycles. The maximum Gasteiger partial charge on any atom is 0.0406 e. The molecule has 1 N–H and O–H groups in total. The molecular formula is C17H27ClN2. The quantitative estimate of drug-likeness (QED) is 0.849. The van der Waals surface area contributed by atoms with Gasteiger partial charge in [-0.2, -0.15) is 0 Å². The molecule has 0 bridgehead atoms. The molecule has 3 heteroatoms. The molecule has 1 heterocycles. The SMILES string of the molecule is CNC(CCN1CCCC1C(C)C)c1ccc(Cl)cc1. The van der Waals surface area contributed by atoms with Gasteiger partial charge in [0.25, 0.3) is 0 Å². The number of halogens is 1. The van der Waals surface area contributed by atoms with E-state index < -0.39 is 0 Å². The van der Waals surface area contributed by atoms with Gasteiger partial charge in [-0.05, 0) is 56.5 Å². The Labute approximate surface area is 128 Å². The third kappa shape index (κ3) is 3.97. The molecule has 1 aliphatic rings. The van der Waals surface area contributed by atoms with Crippen molar-refractivity contribution in [3.05, 3.63) is 34.9 Å². The normalized spacial score (nSPS) is 21.6. The number of hydrogen-bond donors (Lipinski definition) is 1. The molecule has 0 aromatic heterocycles. The highest BCUT2D eigenvalue weighted by Crippen LogP contribution is 2.26. The number of nitrogens with one attached hydrogen (secondary N) is 1. The molecule has 1 fully saturated rings. The molecule has 20 heavy (non-hydrogen) atoms. The average Bonchev–Trinajstić information content (AvgIpc) is 2.90. The zero-order valence-corrected chi connectivity index (χ0v) is 13.7. The molecule has 0 spiro atoms. The van der Waals surface area contributed by atoms with E-state index in [9.17, 15) is 0 Å². The van der Waals surface area contributed by atoms with Gasteiger partial charge < -0.3 is 10.2 Å². The molecule has 0 amide bonds. The van der Waals surface area contributed by atoms with Crippen LogP contribution in [0.4, 0.5) is 0 Å². The van der Waals surface area contributed by atoms with Gasteiger partial charge in [0.2, 0.25) is 0 Å². The van der Waals surface area contributed by atoms with E-state index in [-0.39, 0.29) is 0 Å². The first-order chi connectivity index (χ1) is 9.61. The van der Waals surface area contributed by atoms with Crippen molar-refractivity contribution in [2.75, 3.05) is 20.1 Å². The molecule has 112 valence electrons. The van der Waals surface area contributed by atoms with Crippen LogP contribution < -0.4 is 5.32 Å². The van der Waals surface area contributed by atoms with E-state index in [0.717, 1.165) is 23.4 Å². The smallest absolute Gasteiger partial charge is 0.0406 e. The molecule has 2 unspecified atom stereocenters. The Kier molecular flexibility index (Phi) is 5.88. The van der Waals surface area contributed by atoms with Crippen LogP contribution in [0, 0.1) is 5.92 Å². The zero-order chi connectivity index (χ0) is 14.5. The third-order valence-electron chi connectivity index (χ3n) is 4.51. The number of nitrogens with zero attached hydrogens (tertiary/aromatic N) is 1. The van der Waals surface area contributed by atoms with E-state index in [2.05, 4.69) is 36.2 Å². The molecule has 1 aliphatic heterocycles. The van der Waals surface area contributed by atoms with Gasteiger partial charge in [0.15, 0.2) is 0 Å². The molecule has 0 saturated carbocycles. The van der Waals surface area contributed by atoms with Crippen LogP contribution in [0.5, 0.6) is 0 Å². The average molecular weight is 295 g/mol. The van der Waals surface area contributed by atoms with Gasteiger partial charge >= 0.3 is 0 Å². The van der Waals surface area contributed by atoms with Crippen molar-refractivity contribution in [3.8, 4) is 0 Å². The molecule has 2 rings (SSSR count). The summed E-state index contributed by atoms with van der Waals surface area (Å²) >= 11 is 5.97. The lowest BCUT2D eigenvalue weighted by Crippen LogP contribution is -2.35. The van der Waals surface area contributed by atoms with E-state index in [1.807, 2.05) is 19.2 Å². The van der Waals surface area contributed by atoms with Gasteiger partial charge in [-0.15, -0.1) is 0 Å². The minimum Gasteiger partial charge on any atom is -0.313 e. The Morgan fingerprint density at radius 3 is 2.60 bits per heavy atom. The Morgan fingerprint density at radius 1 is 1.30 bits per heavy atom. The van der Waals surface area contributed by atoms with Crippen LogP contribution in [0.15, 0.2) is 24.3 Å². The lowest BCUT2D eigenvalue weighted by Gasteiger charge is -2.29.